The third kappa shape index (κ3) is 3.23. The molecule has 0 aromatic carbocycles. The van der Waals surface area contributed by atoms with E-state index in [0.717, 1.165) is 11.6 Å². The van der Waals surface area contributed by atoms with E-state index in [1.807, 2.05) is 26.8 Å². The fraction of sp³-hybridized carbons (Fsp3) is 0.538. The molecule has 0 aliphatic carbocycles. The van der Waals surface area contributed by atoms with Crippen molar-refractivity contribution in [3.8, 4) is 0 Å². The molecule has 7 heteroatoms. The van der Waals surface area contributed by atoms with E-state index in [4.69, 9.17) is 0 Å². The zero-order chi connectivity index (χ0) is 14.5. The van der Waals surface area contributed by atoms with Gasteiger partial charge in [0.2, 0.25) is 5.91 Å². The van der Waals surface area contributed by atoms with Gasteiger partial charge in [-0.05, 0) is 26.3 Å². The van der Waals surface area contributed by atoms with Crippen LogP contribution in [0.15, 0.2) is 18.5 Å². The second-order valence-corrected chi connectivity index (χ2v) is 4.63. The molecule has 1 amide bonds. The molecule has 0 saturated carbocycles. The Morgan fingerprint density at radius 2 is 2.25 bits per heavy atom. The van der Waals surface area contributed by atoms with Gasteiger partial charge in [0.25, 0.3) is 0 Å². The van der Waals surface area contributed by atoms with Crippen LogP contribution in [0, 0.1) is 13.8 Å². The number of rotatable bonds is 6. The fourth-order valence-corrected chi connectivity index (χ4v) is 2.13. The third-order valence-electron chi connectivity index (χ3n) is 3.12. The number of nitrogens with one attached hydrogen (secondary N) is 1. The van der Waals surface area contributed by atoms with Gasteiger partial charge in [-0.1, -0.05) is 6.92 Å². The van der Waals surface area contributed by atoms with E-state index in [9.17, 15) is 4.79 Å². The lowest BCUT2D eigenvalue weighted by molar-refractivity contribution is -0.124. The summed E-state index contributed by atoms with van der Waals surface area (Å²) in [5.74, 6) is 1.58. The lowest BCUT2D eigenvalue weighted by Crippen LogP contribution is -2.34. The molecule has 1 unspecified atom stereocenters. The predicted molar refractivity (Wildman–Crippen MR) is 74.1 cm³/mol. The number of aromatic nitrogens is 5. The molecule has 1 atom stereocenters. The number of nitrogens with zero attached hydrogens (tertiary/aromatic N) is 5. The highest BCUT2D eigenvalue weighted by molar-refractivity contribution is 5.80. The van der Waals surface area contributed by atoms with E-state index in [2.05, 4.69) is 20.5 Å². The van der Waals surface area contributed by atoms with E-state index < -0.39 is 0 Å². The van der Waals surface area contributed by atoms with Crippen molar-refractivity contribution < 1.29 is 4.79 Å². The van der Waals surface area contributed by atoms with Gasteiger partial charge >= 0.3 is 0 Å². The molecule has 0 saturated heterocycles. The normalized spacial score (nSPS) is 12.3. The summed E-state index contributed by atoms with van der Waals surface area (Å²) in [6.45, 7) is 6.87. The van der Waals surface area contributed by atoms with Crippen LogP contribution in [0.25, 0.3) is 0 Å². The Morgan fingerprint density at radius 3 is 2.80 bits per heavy atom. The molecular formula is C13H20N6O. The van der Waals surface area contributed by atoms with Crippen molar-refractivity contribution in [3.05, 3.63) is 30.1 Å². The van der Waals surface area contributed by atoms with Crippen molar-refractivity contribution in [3.63, 3.8) is 0 Å². The first-order chi connectivity index (χ1) is 9.61. The molecule has 2 heterocycles. The van der Waals surface area contributed by atoms with Gasteiger partial charge < -0.3 is 5.32 Å². The average molecular weight is 276 g/mol. The second kappa shape index (κ2) is 6.31. The van der Waals surface area contributed by atoms with Crippen LogP contribution in [0.2, 0.25) is 0 Å². The summed E-state index contributed by atoms with van der Waals surface area (Å²) in [5, 5.41) is 11.3. The predicted octanol–water partition coefficient (Wildman–Crippen LogP) is 0.859. The summed E-state index contributed by atoms with van der Waals surface area (Å²) >= 11 is 0. The minimum atomic E-state index is -0.261. The Morgan fingerprint density at radius 1 is 1.45 bits per heavy atom. The van der Waals surface area contributed by atoms with Gasteiger partial charge in [-0.15, -0.1) is 0 Å². The smallest absolute Gasteiger partial charge is 0.244 e. The van der Waals surface area contributed by atoms with E-state index in [1.54, 1.807) is 21.8 Å². The van der Waals surface area contributed by atoms with Crippen LogP contribution in [0.5, 0.6) is 0 Å². The van der Waals surface area contributed by atoms with Gasteiger partial charge in [-0.2, -0.15) is 10.2 Å². The Bertz CT molecular complexity index is 559. The largest absolute Gasteiger partial charge is 0.352 e. The van der Waals surface area contributed by atoms with E-state index in [1.165, 1.54) is 0 Å². The SMILES string of the molecule is CCC(C(=O)NCCn1nc(C)nc1C)n1cccn1. The highest BCUT2D eigenvalue weighted by atomic mass is 16.2. The van der Waals surface area contributed by atoms with Gasteiger partial charge in [0.15, 0.2) is 0 Å². The van der Waals surface area contributed by atoms with Crippen molar-refractivity contribution >= 4 is 5.91 Å². The van der Waals surface area contributed by atoms with Crippen molar-refractivity contribution in [1.29, 1.82) is 0 Å². The van der Waals surface area contributed by atoms with Crippen molar-refractivity contribution in [2.45, 2.75) is 39.8 Å². The summed E-state index contributed by atoms with van der Waals surface area (Å²) < 4.78 is 3.48. The molecule has 20 heavy (non-hydrogen) atoms. The quantitative estimate of drug-likeness (QED) is 0.849. The lowest BCUT2D eigenvalue weighted by Gasteiger charge is -2.15. The lowest BCUT2D eigenvalue weighted by atomic mass is 10.2. The molecule has 1 N–H and O–H groups in total. The number of amides is 1. The Balaban J connectivity index is 1.87. The highest BCUT2D eigenvalue weighted by Gasteiger charge is 2.17. The monoisotopic (exact) mass is 276 g/mol. The summed E-state index contributed by atoms with van der Waals surface area (Å²) in [5.41, 5.74) is 0. The van der Waals surface area contributed by atoms with Gasteiger partial charge in [0.05, 0.1) is 6.54 Å². The van der Waals surface area contributed by atoms with Crippen LogP contribution in [-0.4, -0.2) is 37.0 Å². The summed E-state index contributed by atoms with van der Waals surface area (Å²) in [6.07, 6.45) is 4.19. The van der Waals surface area contributed by atoms with Gasteiger partial charge in [0.1, 0.15) is 17.7 Å². The first kappa shape index (κ1) is 14.2. The van der Waals surface area contributed by atoms with Crippen molar-refractivity contribution in [2.75, 3.05) is 6.54 Å². The Labute approximate surface area is 118 Å². The van der Waals surface area contributed by atoms with Crippen molar-refractivity contribution in [2.24, 2.45) is 0 Å². The minimum Gasteiger partial charge on any atom is -0.352 e. The van der Waals surface area contributed by atoms with Crippen LogP contribution in [-0.2, 0) is 11.3 Å². The maximum Gasteiger partial charge on any atom is 0.244 e. The molecule has 0 radical (unpaired) electrons. The maximum absolute atomic E-state index is 12.1. The molecular weight excluding hydrogens is 256 g/mol. The summed E-state index contributed by atoms with van der Waals surface area (Å²) in [6, 6.07) is 1.56. The topological polar surface area (TPSA) is 77.6 Å². The number of carbonyl (C=O) groups is 1. The molecule has 0 spiro atoms. The molecule has 0 aliphatic rings. The van der Waals surface area contributed by atoms with Gasteiger partial charge in [-0.3, -0.25) is 9.48 Å². The zero-order valence-corrected chi connectivity index (χ0v) is 12.1. The minimum absolute atomic E-state index is 0.0225. The third-order valence-corrected chi connectivity index (χ3v) is 3.12. The van der Waals surface area contributed by atoms with Crippen LogP contribution in [0.3, 0.4) is 0 Å². The Kier molecular flexibility index (Phi) is 4.49. The molecule has 7 nitrogen and oxygen atoms in total. The van der Waals surface area contributed by atoms with Gasteiger partial charge in [0, 0.05) is 18.9 Å². The molecule has 2 aromatic rings. The first-order valence-corrected chi connectivity index (χ1v) is 6.76. The van der Waals surface area contributed by atoms with Crippen LogP contribution >= 0.6 is 0 Å². The molecule has 0 aliphatic heterocycles. The van der Waals surface area contributed by atoms with Crippen LogP contribution in [0.1, 0.15) is 31.0 Å². The van der Waals surface area contributed by atoms with Crippen molar-refractivity contribution in [1.82, 2.24) is 29.9 Å². The molecule has 2 aromatic heterocycles. The molecule has 2 rings (SSSR count). The second-order valence-electron chi connectivity index (χ2n) is 4.63. The number of aryl methyl sites for hydroxylation is 2. The molecule has 0 fully saturated rings. The number of hydrogen-bond acceptors (Lipinski definition) is 4. The number of carbonyl (C=O) groups excluding carboxylic acids is 1. The van der Waals surface area contributed by atoms with E-state index >= 15 is 0 Å². The first-order valence-electron chi connectivity index (χ1n) is 6.76. The standard InChI is InChI=1S/C13H20N6O/c1-4-12(19-8-5-6-15-19)13(20)14-7-9-18-11(3)16-10(2)17-18/h5-6,8,12H,4,7,9H2,1-3H3,(H,14,20). The maximum atomic E-state index is 12.1. The average Bonchev–Trinajstić information content (AvgIpc) is 3.01. The molecule has 108 valence electrons. The fourth-order valence-electron chi connectivity index (χ4n) is 2.13. The highest BCUT2D eigenvalue weighted by Crippen LogP contribution is 2.09. The Hall–Kier alpha value is -2.18. The molecule has 0 bridgehead atoms. The zero-order valence-electron chi connectivity index (χ0n) is 12.1. The van der Waals surface area contributed by atoms with E-state index in [-0.39, 0.29) is 11.9 Å². The van der Waals surface area contributed by atoms with Gasteiger partial charge in [-0.25, -0.2) is 9.67 Å². The summed E-state index contributed by atoms with van der Waals surface area (Å²) in [7, 11) is 0. The van der Waals surface area contributed by atoms with E-state index in [0.29, 0.717) is 19.5 Å². The number of hydrogen-bond donors (Lipinski definition) is 1. The summed E-state index contributed by atoms with van der Waals surface area (Å²) in [4.78, 5) is 16.4. The van der Waals surface area contributed by atoms with Crippen LogP contribution in [0.4, 0.5) is 0 Å². The van der Waals surface area contributed by atoms with Crippen LogP contribution < -0.4 is 5.32 Å².